The summed E-state index contributed by atoms with van der Waals surface area (Å²) in [5.41, 5.74) is -3.65. The zero-order valence-corrected chi connectivity index (χ0v) is 15.1. The van der Waals surface area contributed by atoms with Crippen molar-refractivity contribution in [2.45, 2.75) is 17.9 Å². The zero-order chi connectivity index (χ0) is 19.8. The molecule has 6 nitrogen and oxygen atoms in total. The highest BCUT2D eigenvalue weighted by Gasteiger charge is 2.66. The Morgan fingerprint density at radius 1 is 1.26 bits per heavy atom. The second-order valence-corrected chi connectivity index (χ2v) is 6.89. The van der Waals surface area contributed by atoms with Crippen LogP contribution in [0.15, 0.2) is 53.3 Å². The number of ketones is 1. The van der Waals surface area contributed by atoms with E-state index in [9.17, 15) is 27.9 Å². The maximum atomic E-state index is 13.7. The van der Waals surface area contributed by atoms with Crippen LogP contribution in [0.4, 0.5) is 18.0 Å². The highest BCUT2D eigenvalue weighted by atomic mass is 79.9. The predicted molar refractivity (Wildman–Crippen MR) is 91.6 cm³/mol. The quantitative estimate of drug-likeness (QED) is 0.636. The number of urea groups is 1. The SMILES string of the molecule is O=C1N[C@H](c2cccc(Br)c2)[C@H](C(=O)c2cccnc2)[C@@](O)(C(F)(F)F)N1. The van der Waals surface area contributed by atoms with Gasteiger partial charge in [0.15, 0.2) is 5.78 Å². The van der Waals surface area contributed by atoms with Gasteiger partial charge >= 0.3 is 12.2 Å². The summed E-state index contributed by atoms with van der Waals surface area (Å²) < 4.78 is 41.7. The molecule has 1 saturated heterocycles. The maximum absolute atomic E-state index is 13.7. The van der Waals surface area contributed by atoms with Gasteiger partial charge < -0.3 is 15.7 Å². The van der Waals surface area contributed by atoms with Crippen LogP contribution in [0.2, 0.25) is 0 Å². The van der Waals surface area contributed by atoms with Crippen molar-refractivity contribution < 1.29 is 27.9 Å². The average molecular weight is 444 g/mol. The van der Waals surface area contributed by atoms with Crippen LogP contribution in [0.1, 0.15) is 22.0 Å². The number of aromatic nitrogens is 1. The van der Waals surface area contributed by atoms with Crippen molar-refractivity contribution in [1.29, 1.82) is 0 Å². The minimum atomic E-state index is -5.29. The fourth-order valence-electron chi connectivity index (χ4n) is 3.00. The number of carbonyl (C=O) groups excluding carboxylic acids is 2. The van der Waals surface area contributed by atoms with Crippen molar-refractivity contribution in [2.24, 2.45) is 5.92 Å². The largest absolute Gasteiger partial charge is 0.437 e. The van der Waals surface area contributed by atoms with Gasteiger partial charge in [0.1, 0.15) is 5.92 Å². The van der Waals surface area contributed by atoms with Gasteiger partial charge in [-0.15, -0.1) is 0 Å². The number of amides is 2. The minimum absolute atomic E-state index is 0.122. The Bertz CT molecular complexity index is 878. The number of nitrogens with one attached hydrogen (secondary N) is 2. The Balaban J connectivity index is 2.17. The summed E-state index contributed by atoms with van der Waals surface area (Å²) in [5.74, 6) is -3.09. The topological polar surface area (TPSA) is 91.3 Å². The molecule has 2 amide bonds. The number of halogens is 4. The van der Waals surface area contributed by atoms with Crippen molar-refractivity contribution in [2.75, 3.05) is 0 Å². The van der Waals surface area contributed by atoms with Gasteiger partial charge in [0.05, 0.1) is 6.04 Å². The molecule has 3 rings (SSSR count). The zero-order valence-electron chi connectivity index (χ0n) is 13.5. The summed E-state index contributed by atoms with van der Waals surface area (Å²) in [6.07, 6.45) is -2.83. The first-order chi connectivity index (χ1) is 12.6. The van der Waals surface area contributed by atoms with Crippen LogP contribution < -0.4 is 10.6 Å². The Hall–Kier alpha value is -2.46. The molecule has 10 heteroatoms. The van der Waals surface area contributed by atoms with Crippen molar-refractivity contribution in [3.05, 3.63) is 64.4 Å². The Morgan fingerprint density at radius 3 is 2.59 bits per heavy atom. The first-order valence-electron chi connectivity index (χ1n) is 7.71. The van der Waals surface area contributed by atoms with Crippen LogP contribution in [-0.4, -0.2) is 33.8 Å². The summed E-state index contributed by atoms with van der Waals surface area (Å²) in [6.45, 7) is 0. The van der Waals surface area contributed by atoms with Gasteiger partial charge in [-0.3, -0.25) is 9.78 Å². The number of nitrogens with zero attached hydrogens (tertiary/aromatic N) is 1. The molecule has 1 aromatic carbocycles. The van der Waals surface area contributed by atoms with Crippen molar-refractivity contribution in [3.63, 3.8) is 0 Å². The fraction of sp³-hybridized carbons (Fsp3) is 0.235. The summed E-state index contributed by atoms with van der Waals surface area (Å²) in [4.78, 5) is 28.6. The third kappa shape index (κ3) is 3.54. The van der Waals surface area contributed by atoms with Crippen molar-refractivity contribution >= 4 is 27.7 Å². The smallest absolute Gasteiger partial charge is 0.363 e. The number of hydrogen-bond donors (Lipinski definition) is 3. The van der Waals surface area contributed by atoms with E-state index < -0.39 is 35.7 Å². The third-order valence-corrected chi connectivity index (χ3v) is 4.74. The van der Waals surface area contributed by atoms with E-state index in [1.807, 2.05) is 0 Å². The van der Waals surface area contributed by atoms with Crippen LogP contribution in [0.3, 0.4) is 0 Å². The van der Waals surface area contributed by atoms with E-state index in [-0.39, 0.29) is 11.1 Å². The molecular formula is C17H13BrF3N3O3. The molecule has 2 aromatic rings. The summed E-state index contributed by atoms with van der Waals surface area (Å²) in [7, 11) is 0. The van der Waals surface area contributed by atoms with Gasteiger partial charge in [0.2, 0.25) is 5.72 Å². The number of Topliss-reactive ketones (excluding diaryl/α,β-unsaturated/α-hetero) is 1. The van der Waals surface area contributed by atoms with Crippen LogP contribution in [-0.2, 0) is 0 Å². The summed E-state index contributed by atoms with van der Waals surface area (Å²) in [6, 6.07) is 6.14. The fourth-order valence-corrected chi connectivity index (χ4v) is 3.42. The summed E-state index contributed by atoms with van der Waals surface area (Å²) >= 11 is 3.21. The minimum Gasteiger partial charge on any atom is -0.363 e. The lowest BCUT2D eigenvalue weighted by Gasteiger charge is -2.45. The van der Waals surface area contributed by atoms with E-state index in [4.69, 9.17) is 0 Å². The first-order valence-corrected chi connectivity index (χ1v) is 8.50. The standard InChI is InChI=1S/C17H13BrF3N3O3/c18-11-5-1-3-9(7-11)13-12(14(25)10-4-2-6-22-8-10)16(27,17(19,20)21)24-15(26)23-13/h1-8,12-13,27H,(H2,23,24,26)/t12-,13-,16-/m1/s1. The molecule has 0 aliphatic carbocycles. The lowest BCUT2D eigenvalue weighted by molar-refractivity contribution is -0.287. The molecule has 1 aliphatic rings. The molecule has 0 unspecified atom stereocenters. The molecule has 3 N–H and O–H groups in total. The number of carbonyl (C=O) groups is 2. The lowest BCUT2D eigenvalue weighted by atomic mass is 9.77. The van der Waals surface area contributed by atoms with E-state index >= 15 is 0 Å². The van der Waals surface area contributed by atoms with Gasteiger partial charge in [-0.05, 0) is 29.8 Å². The number of rotatable bonds is 3. The van der Waals surface area contributed by atoms with Gasteiger partial charge in [-0.25, -0.2) is 4.79 Å². The molecule has 1 aromatic heterocycles. The molecule has 0 saturated carbocycles. The molecule has 142 valence electrons. The number of alkyl halides is 3. The molecule has 2 heterocycles. The van der Waals surface area contributed by atoms with E-state index in [1.165, 1.54) is 35.8 Å². The van der Waals surface area contributed by atoms with E-state index in [0.29, 0.717) is 4.47 Å². The van der Waals surface area contributed by atoms with Crippen molar-refractivity contribution in [3.8, 4) is 0 Å². The van der Waals surface area contributed by atoms with Crippen LogP contribution in [0.5, 0.6) is 0 Å². The number of aliphatic hydroxyl groups is 1. The monoisotopic (exact) mass is 443 g/mol. The third-order valence-electron chi connectivity index (χ3n) is 4.24. The maximum Gasteiger partial charge on any atom is 0.437 e. The van der Waals surface area contributed by atoms with Crippen LogP contribution in [0.25, 0.3) is 0 Å². The van der Waals surface area contributed by atoms with Crippen LogP contribution >= 0.6 is 15.9 Å². The Morgan fingerprint density at radius 2 is 2.00 bits per heavy atom. The van der Waals surface area contributed by atoms with Crippen LogP contribution in [0, 0.1) is 5.92 Å². The predicted octanol–water partition coefficient (Wildman–Crippen LogP) is 2.95. The molecule has 1 aliphatic heterocycles. The first kappa shape index (κ1) is 19.3. The summed E-state index contributed by atoms with van der Waals surface area (Å²) in [5, 5.41) is 14.2. The van der Waals surface area contributed by atoms with Gasteiger partial charge in [0, 0.05) is 22.4 Å². The molecule has 0 radical (unpaired) electrons. The number of benzene rings is 1. The van der Waals surface area contributed by atoms with E-state index in [0.717, 1.165) is 6.20 Å². The molecule has 0 spiro atoms. The molecule has 3 atom stereocenters. The van der Waals surface area contributed by atoms with Crippen molar-refractivity contribution in [1.82, 2.24) is 15.6 Å². The average Bonchev–Trinajstić information content (AvgIpc) is 2.60. The Labute approximate surface area is 159 Å². The lowest BCUT2D eigenvalue weighted by Crippen LogP contribution is -2.72. The molecule has 0 bridgehead atoms. The highest BCUT2D eigenvalue weighted by molar-refractivity contribution is 9.10. The van der Waals surface area contributed by atoms with Gasteiger partial charge in [-0.1, -0.05) is 28.1 Å². The molecule has 1 fully saturated rings. The molecule has 27 heavy (non-hydrogen) atoms. The number of pyridine rings is 1. The Kier molecular flexibility index (Phi) is 4.96. The molecular weight excluding hydrogens is 431 g/mol. The van der Waals surface area contributed by atoms with E-state index in [2.05, 4.69) is 26.2 Å². The highest BCUT2D eigenvalue weighted by Crippen LogP contribution is 2.44. The second kappa shape index (κ2) is 6.93. The normalized spacial score (nSPS) is 25.4. The number of hydrogen-bond acceptors (Lipinski definition) is 4. The van der Waals surface area contributed by atoms with Gasteiger partial charge in [0.25, 0.3) is 0 Å². The van der Waals surface area contributed by atoms with Gasteiger partial charge in [-0.2, -0.15) is 13.2 Å². The van der Waals surface area contributed by atoms with E-state index in [1.54, 1.807) is 12.1 Å². The second-order valence-electron chi connectivity index (χ2n) is 5.98.